The Bertz CT molecular complexity index is 437. The van der Waals surface area contributed by atoms with Crippen LogP contribution in [0.4, 0.5) is 0 Å². The Labute approximate surface area is 150 Å². The van der Waals surface area contributed by atoms with Gasteiger partial charge in [-0.25, -0.2) is 0 Å². The molecule has 1 atom stereocenters. The van der Waals surface area contributed by atoms with Gasteiger partial charge in [0.1, 0.15) is 0 Å². The molecule has 0 aliphatic carbocycles. The van der Waals surface area contributed by atoms with E-state index >= 15 is 0 Å². The van der Waals surface area contributed by atoms with Gasteiger partial charge >= 0.3 is 5.97 Å². The van der Waals surface area contributed by atoms with Crippen molar-refractivity contribution in [1.82, 2.24) is 0 Å². The third kappa shape index (κ3) is 14.3. The fraction of sp³-hybridized carbons (Fsp3) is 0.682. The van der Waals surface area contributed by atoms with Gasteiger partial charge in [0.25, 0.3) is 0 Å². The van der Waals surface area contributed by atoms with E-state index in [1.165, 1.54) is 23.1 Å². The van der Waals surface area contributed by atoms with E-state index in [9.17, 15) is 4.79 Å². The van der Waals surface area contributed by atoms with Crippen LogP contribution in [0.15, 0.2) is 34.9 Å². The van der Waals surface area contributed by atoms with E-state index in [1.54, 1.807) is 0 Å². The second-order valence-electron chi connectivity index (χ2n) is 7.15. The Morgan fingerprint density at radius 1 is 0.917 bits per heavy atom. The lowest BCUT2D eigenvalue weighted by atomic mass is 10.00. The molecule has 0 heterocycles. The molecule has 0 fully saturated rings. The minimum absolute atomic E-state index is 0.0700. The van der Waals surface area contributed by atoms with Gasteiger partial charge in [-0.05, 0) is 79.1 Å². The first-order valence-corrected chi connectivity index (χ1v) is 9.45. The lowest BCUT2D eigenvalue weighted by Gasteiger charge is -2.09. The van der Waals surface area contributed by atoms with Crippen molar-refractivity contribution in [1.29, 1.82) is 0 Å². The number of hydrogen-bond acceptors (Lipinski definition) is 2. The number of hydrogen-bond donors (Lipinski definition) is 0. The van der Waals surface area contributed by atoms with Crippen LogP contribution < -0.4 is 0 Å². The Kier molecular flexibility index (Phi) is 13.3. The van der Waals surface area contributed by atoms with Gasteiger partial charge in [0.2, 0.25) is 0 Å². The van der Waals surface area contributed by atoms with E-state index in [-0.39, 0.29) is 5.97 Å². The molecule has 0 aromatic carbocycles. The minimum Gasteiger partial charge on any atom is -0.466 e. The van der Waals surface area contributed by atoms with Crippen LogP contribution in [-0.2, 0) is 9.53 Å². The second-order valence-corrected chi connectivity index (χ2v) is 7.15. The zero-order valence-electron chi connectivity index (χ0n) is 16.8. The molecule has 2 heteroatoms. The Balaban J connectivity index is 3.94. The molecule has 0 bridgehead atoms. The van der Waals surface area contributed by atoms with Crippen LogP contribution >= 0.6 is 0 Å². The van der Waals surface area contributed by atoms with Gasteiger partial charge in [-0.1, -0.05) is 41.9 Å². The highest BCUT2D eigenvalue weighted by molar-refractivity contribution is 5.69. The molecule has 138 valence electrons. The molecule has 1 unspecified atom stereocenters. The van der Waals surface area contributed by atoms with Crippen molar-refractivity contribution in [2.75, 3.05) is 6.61 Å². The number of esters is 1. The third-order valence-corrected chi connectivity index (χ3v) is 4.10. The maximum absolute atomic E-state index is 11.4. The number of carbonyl (C=O) groups is 1. The summed E-state index contributed by atoms with van der Waals surface area (Å²) in [5.41, 5.74) is 4.34. The lowest BCUT2D eigenvalue weighted by molar-refractivity contribution is -0.144. The maximum Gasteiger partial charge on any atom is 0.306 e. The van der Waals surface area contributed by atoms with Crippen LogP contribution in [0.5, 0.6) is 0 Å². The van der Waals surface area contributed by atoms with E-state index in [4.69, 9.17) is 4.74 Å². The van der Waals surface area contributed by atoms with Crippen molar-refractivity contribution < 1.29 is 9.53 Å². The monoisotopic (exact) mass is 334 g/mol. The van der Waals surface area contributed by atoms with Crippen molar-refractivity contribution in [2.45, 2.75) is 86.5 Å². The fourth-order valence-corrected chi connectivity index (χ4v) is 2.56. The van der Waals surface area contributed by atoms with Gasteiger partial charge in [0.15, 0.2) is 0 Å². The molecule has 0 radical (unpaired) electrons. The molecule has 0 amide bonds. The molecule has 2 nitrogen and oxygen atoms in total. The zero-order valence-corrected chi connectivity index (χ0v) is 16.8. The quantitative estimate of drug-likeness (QED) is 0.290. The smallest absolute Gasteiger partial charge is 0.306 e. The number of carbonyl (C=O) groups excluding carboxylic acids is 1. The molecule has 0 aromatic heterocycles. The first-order chi connectivity index (χ1) is 11.3. The molecule has 0 aromatic rings. The summed E-state index contributed by atoms with van der Waals surface area (Å²) in [7, 11) is 0. The van der Waals surface area contributed by atoms with E-state index in [0.29, 0.717) is 18.9 Å². The summed E-state index contributed by atoms with van der Waals surface area (Å²) in [6.07, 6.45) is 14.2. The van der Waals surface area contributed by atoms with Gasteiger partial charge in [-0.15, -0.1) is 0 Å². The molecule has 0 saturated heterocycles. The van der Waals surface area contributed by atoms with Gasteiger partial charge in [0, 0.05) is 6.42 Å². The van der Waals surface area contributed by atoms with Crippen LogP contribution in [0, 0.1) is 5.92 Å². The van der Waals surface area contributed by atoms with Crippen molar-refractivity contribution in [3.05, 3.63) is 34.9 Å². The molecule has 0 aliphatic heterocycles. The van der Waals surface area contributed by atoms with E-state index < -0.39 is 0 Å². The van der Waals surface area contributed by atoms with Crippen molar-refractivity contribution in [3.8, 4) is 0 Å². The topological polar surface area (TPSA) is 26.3 Å². The molecular weight excluding hydrogens is 296 g/mol. The Morgan fingerprint density at radius 2 is 1.46 bits per heavy atom. The number of allylic oxidation sites excluding steroid dienone is 6. The summed E-state index contributed by atoms with van der Waals surface area (Å²) in [6.45, 7) is 13.2. The summed E-state index contributed by atoms with van der Waals surface area (Å²) in [4.78, 5) is 11.4. The highest BCUT2D eigenvalue weighted by atomic mass is 16.5. The zero-order chi connectivity index (χ0) is 18.4. The largest absolute Gasteiger partial charge is 0.466 e. The predicted molar refractivity (Wildman–Crippen MR) is 105 cm³/mol. The first-order valence-electron chi connectivity index (χ1n) is 9.45. The van der Waals surface area contributed by atoms with Crippen LogP contribution in [0.2, 0.25) is 0 Å². The van der Waals surface area contributed by atoms with Crippen LogP contribution in [0.3, 0.4) is 0 Å². The average Bonchev–Trinajstić information content (AvgIpc) is 2.46. The third-order valence-electron chi connectivity index (χ3n) is 4.10. The molecular formula is C22H38O2. The van der Waals surface area contributed by atoms with Gasteiger partial charge in [-0.2, -0.15) is 0 Å². The highest BCUT2D eigenvalue weighted by Gasteiger charge is 2.08. The maximum atomic E-state index is 11.4. The molecule has 0 saturated carbocycles. The Hall–Kier alpha value is -1.31. The van der Waals surface area contributed by atoms with Gasteiger partial charge in [0.05, 0.1) is 6.61 Å². The van der Waals surface area contributed by atoms with Crippen molar-refractivity contribution in [3.63, 3.8) is 0 Å². The van der Waals surface area contributed by atoms with Crippen LogP contribution in [-0.4, -0.2) is 12.6 Å². The SMILES string of the molecule is CCOC(=O)CC(C)CCC=C(C)CCC=C(C)CCC=C(C)C. The molecule has 0 aliphatic rings. The number of ether oxygens (including phenoxy) is 1. The molecule has 0 rings (SSSR count). The van der Waals surface area contributed by atoms with Crippen molar-refractivity contribution in [2.24, 2.45) is 5.92 Å². The highest BCUT2D eigenvalue weighted by Crippen LogP contribution is 2.15. The summed E-state index contributed by atoms with van der Waals surface area (Å²) in [6, 6.07) is 0. The minimum atomic E-state index is -0.0700. The van der Waals surface area contributed by atoms with Gasteiger partial charge in [-0.3, -0.25) is 4.79 Å². The predicted octanol–water partition coefficient (Wildman–Crippen LogP) is 6.78. The Morgan fingerprint density at radius 3 is 2.00 bits per heavy atom. The number of rotatable bonds is 12. The van der Waals surface area contributed by atoms with E-state index in [2.05, 4.69) is 52.8 Å². The summed E-state index contributed by atoms with van der Waals surface area (Å²) in [5, 5.41) is 0. The lowest BCUT2D eigenvalue weighted by Crippen LogP contribution is -2.09. The first kappa shape index (κ1) is 22.7. The standard InChI is InChI=1S/C22H38O2/c1-7-24-22(23)17-21(6)16-10-15-20(5)14-9-13-19(4)12-8-11-18(2)3/h11,13,15,21H,7-10,12,14,16-17H2,1-6H3. The van der Waals surface area contributed by atoms with E-state index in [0.717, 1.165) is 32.1 Å². The normalized spacial score (nSPS) is 13.6. The fourth-order valence-electron chi connectivity index (χ4n) is 2.56. The summed E-state index contributed by atoms with van der Waals surface area (Å²) in [5.74, 6) is 0.324. The average molecular weight is 335 g/mol. The van der Waals surface area contributed by atoms with Crippen LogP contribution in [0.1, 0.15) is 86.5 Å². The van der Waals surface area contributed by atoms with E-state index in [1.807, 2.05) is 6.92 Å². The molecule has 24 heavy (non-hydrogen) atoms. The van der Waals surface area contributed by atoms with Crippen LogP contribution in [0.25, 0.3) is 0 Å². The van der Waals surface area contributed by atoms with Crippen molar-refractivity contribution >= 4 is 5.97 Å². The van der Waals surface area contributed by atoms with Gasteiger partial charge < -0.3 is 4.74 Å². The summed E-state index contributed by atoms with van der Waals surface area (Å²) < 4.78 is 4.99. The summed E-state index contributed by atoms with van der Waals surface area (Å²) >= 11 is 0. The molecule has 0 N–H and O–H groups in total. The molecule has 0 spiro atoms. The second kappa shape index (κ2) is 14.1.